The fourth-order valence-electron chi connectivity index (χ4n) is 2.04. The Morgan fingerprint density at radius 3 is 2.25 bits per heavy atom. The van der Waals surface area contributed by atoms with Crippen LogP contribution in [0, 0.1) is 0 Å². The van der Waals surface area contributed by atoms with E-state index in [0.29, 0.717) is 0 Å². The standard InChI is InChI=1S/C10H16N2O4/c11-8(13)6-12(7-3-1-2-4-7)9(14)5-10(15)16/h7H,1-6H2,(H2,11,13)(H,15,16). The van der Waals surface area contributed by atoms with Gasteiger partial charge in [-0.1, -0.05) is 12.8 Å². The molecule has 0 unspecified atom stereocenters. The predicted octanol–water partition coefficient (Wildman–Crippen LogP) is -0.282. The second-order valence-corrected chi connectivity index (χ2v) is 4.00. The second-order valence-electron chi connectivity index (χ2n) is 4.00. The van der Waals surface area contributed by atoms with Crippen molar-refractivity contribution in [1.29, 1.82) is 0 Å². The van der Waals surface area contributed by atoms with E-state index < -0.39 is 24.2 Å². The number of carboxylic acid groups (broad SMARTS) is 1. The first-order valence-corrected chi connectivity index (χ1v) is 5.30. The lowest BCUT2D eigenvalue weighted by Gasteiger charge is -2.27. The van der Waals surface area contributed by atoms with Crippen LogP contribution in [0.3, 0.4) is 0 Å². The number of nitrogens with zero attached hydrogens (tertiary/aromatic N) is 1. The molecule has 0 radical (unpaired) electrons. The van der Waals surface area contributed by atoms with Crippen LogP contribution in [0.2, 0.25) is 0 Å². The van der Waals surface area contributed by atoms with E-state index in [0.717, 1.165) is 25.7 Å². The number of aliphatic carboxylic acids is 1. The van der Waals surface area contributed by atoms with Crippen molar-refractivity contribution >= 4 is 17.8 Å². The van der Waals surface area contributed by atoms with E-state index >= 15 is 0 Å². The van der Waals surface area contributed by atoms with Crippen LogP contribution < -0.4 is 5.73 Å². The van der Waals surface area contributed by atoms with Gasteiger partial charge in [0.1, 0.15) is 6.42 Å². The second kappa shape index (κ2) is 5.48. The van der Waals surface area contributed by atoms with Gasteiger partial charge < -0.3 is 15.7 Å². The molecule has 3 N–H and O–H groups in total. The minimum absolute atomic E-state index is 0.0284. The van der Waals surface area contributed by atoms with Crippen molar-refractivity contribution in [1.82, 2.24) is 4.90 Å². The average Bonchev–Trinajstić information content (AvgIpc) is 2.64. The minimum Gasteiger partial charge on any atom is -0.481 e. The lowest BCUT2D eigenvalue weighted by molar-refractivity contribution is -0.146. The number of carboxylic acids is 1. The number of nitrogens with two attached hydrogens (primary N) is 1. The van der Waals surface area contributed by atoms with Gasteiger partial charge in [-0.2, -0.15) is 0 Å². The summed E-state index contributed by atoms with van der Waals surface area (Å²) in [5.74, 6) is -2.32. The van der Waals surface area contributed by atoms with Crippen LogP contribution in [0.15, 0.2) is 0 Å². The first-order valence-electron chi connectivity index (χ1n) is 5.30. The van der Waals surface area contributed by atoms with Crippen molar-refractivity contribution in [2.45, 2.75) is 38.1 Å². The summed E-state index contributed by atoms with van der Waals surface area (Å²) in [6, 6.07) is -0.0284. The van der Waals surface area contributed by atoms with E-state index in [1.54, 1.807) is 0 Å². The van der Waals surface area contributed by atoms with Crippen molar-refractivity contribution in [3.8, 4) is 0 Å². The third kappa shape index (κ3) is 3.52. The summed E-state index contributed by atoms with van der Waals surface area (Å²) in [6.45, 7) is -0.184. The molecule has 0 heterocycles. The highest BCUT2D eigenvalue weighted by atomic mass is 16.4. The Hall–Kier alpha value is -1.59. The van der Waals surface area contributed by atoms with Crippen LogP contribution in [-0.2, 0) is 14.4 Å². The van der Waals surface area contributed by atoms with Gasteiger partial charge in [0.15, 0.2) is 0 Å². The van der Waals surface area contributed by atoms with E-state index in [1.807, 2.05) is 0 Å². The van der Waals surface area contributed by atoms with E-state index in [1.165, 1.54) is 4.90 Å². The molecule has 1 fully saturated rings. The van der Waals surface area contributed by atoms with Crippen molar-refractivity contribution in [2.24, 2.45) is 5.73 Å². The van der Waals surface area contributed by atoms with E-state index in [-0.39, 0.29) is 12.6 Å². The SMILES string of the molecule is NC(=O)CN(C(=O)CC(=O)O)C1CCCC1. The number of amides is 2. The normalized spacial score (nSPS) is 16.0. The largest absolute Gasteiger partial charge is 0.481 e. The van der Waals surface area contributed by atoms with Crippen molar-refractivity contribution < 1.29 is 19.5 Å². The molecule has 2 amide bonds. The van der Waals surface area contributed by atoms with Gasteiger partial charge in [0.2, 0.25) is 11.8 Å². The number of hydrogen-bond acceptors (Lipinski definition) is 3. The fraction of sp³-hybridized carbons (Fsp3) is 0.700. The number of primary amides is 1. The fourth-order valence-corrected chi connectivity index (χ4v) is 2.04. The van der Waals surface area contributed by atoms with Gasteiger partial charge in [0.05, 0.1) is 6.54 Å². The zero-order valence-corrected chi connectivity index (χ0v) is 9.02. The Bertz CT molecular complexity index is 297. The molecule has 1 saturated carbocycles. The number of carbonyl (C=O) groups excluding carboxylic acids is 2. The van der Waals surface area contributed by atoms with Gasteiger partial charge >= 0.3 is 5.97 Å². The predicted molar refractivity (Wildman–Crippen MR) is 55.4 cm³/mol. The molecule has 1 rings (SSSR count). The van der Waals surface area contributed by atoms with E-state index in [9.17, 15) is 14.4 Å². The summed E-state index contributed by atoms with van der Waals surface area (Å²) in [5, 5.41) is 8.55. The maximum absolute atomic E-state index is 11.6. The number of carbonyl (C=O) groups is 3. The molecule has 6 heteroatoms. The summed E-state index contributed by atoms with van der Waals surface area (Å²) in [6.07, 6.45) is 3.06. The molecule has 16 heavy (non-hydrogen) atoms. The van der Waals surface area contributed by atoms with Gasteiger partial charge in [0.25, 0.3) is 0 Å². The van der Waals surface area contributed by atoms with E-state index in [4.69, 9.17) is 10.8 Å². The molecule has 90 valence electrons. The van der Waals surface area contributed by atoms with Crippen LogP contribution >= 0.6 is 0 Å². The highest BCUT2D eigenvalue weighted by Gasteiger charge is 2.28. The minimum atomic E-state index is -1.18. The lowest BCUT2D eigenvalue weighted by Crippen LogP contribution is -2.44. The third-order valence-corrected chi connectivity index (χ3v) is 2.71. The van der Waals surface area contributed by atoms with Crippen molar-refractivity contribution in [3.05, 3.63) is 0 Å². The summed E-state index contributed by atoms with van der Waals surface area (Å²) in [5.41, 5.74) is 5.05. The van der Waals surface area contributed by atoms with Gasteiger partial charge in [0, 0.05) is 6.04 Å². The van der Waals surface area contributed by atoms with Crippen LogP contribution in [0.25, 0.3) is 0 Å². The zero-order chi connectivity index (χ0) is 12.1. The van der Waals surface area contributed by atoms with Crippen LogP contribution in [0.4, 0.5) is 0 Å². The average molecular weight is 228 g/mol. The Kier molecular flexibility index (Phi) is 4.28. The topological polar surface area (TPSA) is 101 Å². The zero-order valence-electron chi connectivity index (χ0n) is 9.02. The molecule has 0 aromatic heterocycles. The van der Waals surface area contributed by atoms with Crippen molar-refractivity contribution in [3.63, 3.8) is 0 Å². The van der Waals surface area contributed by atoms with Crippen LogP contribution in [0.1, 0.15) is 32.1 Å². The monoisotopic (exact) mass is 228 g/mol. The van der Waals surface area contributed by atoms with Crippen molar-refractivity contribution in [2.75, 3.05) is 6.54 Å². The third-order valence-electron chi connectivity index (χ3n) is 2.71. The Balaban J connectivity index is 2.65. The number of rotatable bonds is 5. The molecular formula is C10H16N2O4. The molecule has 0 bridgehead atoms. The molecule has 1 aliphatic carbocycles. The molecule has 0 spiro atoms. The molecule has 0 aliphatic heterocycles. The highest BCUT2D eigenvalue weighted by Crippen LogP contribution is 2.23. The lowest BCUT2D eigenvalue weighted by atomic mass is 10.2. The van der Waals surface area contributed by atoms with Gasteiger partial charge in [-0.05, 0) is 12.8 Å². The van der Waals surface area contributed by atoms with E-state index in [2.05, 4.69) is 0 Å². The smallest absolute Gasteiger partial charge is 0.312 e. The van der Waals surface area contributed by atoms with Gasteiger partial charge in [-0.25, -0.2) is 0 Å². The molecule has 0 atom stereocenters. The maximum atomic E-state index is 11.6. The molecular weight excluding hydrogens is 212 g/mol. The Morgan fingerprint density at radius 2 is 1.81 bits per heavy atom. The summed E-state index contributed by atoms with van der Waals surface area (Å²) >= 11 is 0. The van der Waals surface area contributed by atoms with Crippen LogP contribution in [-0.4, -0.2) is 40.4 Å². The highest BCUT2D eigenvalue weighted by molar-refractivity contribution is 5.95. The molecule has 6 nitrogen and oxygen atoms in total. The quantitative estimate of drug-likeness (QED) is 0.632. The summed E-state index contributed by atoms with van der Waals surface area (Å²) < 4.78 is 0. The summed E-state index contributed by atoms with van der Waals surface area (Å²) in [7, 11) is 0. The molecule has 0 aromatic rings. The Labute approximate surface area is 93.4 Å². The summed E-state index contributed by atoms with van der Waals surface area (Å²) in [4.78, 5) is 34.2. The van der Waals surface area contributed by atoms with Gasteiger partial charge in [-0.15, -0.1) is 0 Å². The molecule has 1 aliphatic rings. The number of hydrogen-bond donors (Lipinski definition) is 2. The maximum Gasteiger partial charge on any atom is 0.312 e. The van der Waals surface area contributed by atoms with Crippen LogP contribution in [0.5, 0.6) is 0 Å². The first kappa shape index (κ1) is 12.5. The Morgan fingerprint density at radius 1 is 1.25 bits per heavy atom. The van der Waals surface area contributed by atoms with Gasteiger partial charge in [-0.3, -0.25) is 14.4 Å². The molecule has 0 aromatic carbocycles. The molecule has 0 saturated heterocycles. The first-order chi connectivity index (χ1) is 7.50.